The first-order valence-electron chi connectivity index (χ1n) is 9.51. The van der Waals surface area contributed by atoms with Gasteiger partial charge in [-0.25, -0.2) is 4.79 Å². The van der Waals surface area contributed by atoms with E-state index in [-0.39, 0.29) is 17.5 Å². The number of hydrogen-bond donors (Lipinski definition) is 2. The Kier molecular flexibility index (Phi) is 4.36. The summed E-state index contributed by atoms with van der Waals surface area (Å²) < 4.78 is 5.80. The second kappa shape index (κ2) is 6.52. The fraction of sp³-hybridized carbons (Fsp3) is 0.650. The summed E-state index contributed by atoms with van der Waals surface area (Å²) in [5, 5.41) is 6.30. The van der Waals surface area contributed by atoms with Gasteiger partial charge in [-0.05, 0) is 30.9 Å². The average Bonchev–Trinajstić information content (AvgIpc) is 3.27. The van der Waals surface area contributed by atoms with E-state index in [1.807, 2.05) is 6.07 Å². The summed E-state index contributed by atoms with van der Waals surface area (Å²) in [6, 6.07) is 10.7. The molecule has 3 aliphatic rings. The van der Waals surface area contributed by atoms with E-state index in [0.717, 1.165) is 39.1 Å². The third-order valence-electron chi connectivity index (χ3n) is 6.35. The molecule has 0 bridgehead atoms. The van der Waals surface area contributed by atoms with E-state index >= 15 is 0 Å². The molecule has 2 amide bonds. The fourth-order valence-electron chi connectivity index (χ4n) is 4.92. The Bertz CT molecular complexity index is 619. The van der Waals surface area contributed by atoms with Gasteiger partial charge in [0.1, 0.15) is 0 Å². The molecular weight excluding hydrogens is 314 g/mol. The number of nitrogens with zero attached hydrogens (tertiary/aromatic N) is 1. The number of anilines is 1. The lowest BCUT2D eigenvalue weighted by molar-refractivity contribution is -0.108. The lowest BCUT2D eigenvalue weighted by Gasteiger charge is -2.54. The maximum absolute atomic E-state index is 12.4. The largest absolute Gasteiger partial charge is 0.377 e. The van der Waals surface area contributed by atoms with Crippen LogP contribution < -0.4 is 15.5 Å². The Labute approximate surface area is 150 Å². The molecule has 0 unspecified atom stereocenters. The second-order valence-corrected chi connectivity index (χ2v) is 8.33. The summed E-state index contributed by atoms with van der Waals surface area (Å²) >= 11 is 0. The lowest BCUT2D eigenvalue weighted by atomic mass is 9.57. The van der Waals surface area contributed by atoms with Crippen molar-refractivity contribution in [3.8, 4) is 0 Å². The zero-order chi connectivity index (χ0) is 17.4. The standard InChI is InChI=1S/C20H29N3O2/c1-20(2)17(16-9-11-25-18(16)20)22-19(24)21-12-14-8-10-23(13-14)15-6-4-3-5-7-15/h3-7,14,16-18H,8-13H2,1-2H3,(H2,21,22,24)/t14-,16-,17+,18-/m0/s1. The lowest BCUT2D eigenvalue weighted by Crippen LogP contribution is -2.67. The van der Waals surface area contributed by atoms with Crippen LogP contribution in [0.1, 0.15) is 26.7 Å². The molecule has 1 saturated carbocycles. The number of para-hydroxylation sites is 1. The molecule has 2 N–H and O–H groups in total. The van der Waals surface area contributed by atoms with Gasteiger partial charge in [0.2, 0.25) is 0 Å². The number of carbonyl (C=O) groups excluding carboxylic acids is 1. The van der Waals surface area contributed by atoms with Crippen LogP contribution in [0.4, 0.5) is 10.5 Å². The molecule has 1 aromatic carbocycles. The van der Waals surface area contributed by atoms with E-state index in [9.17, 15) is 4.79 Å². The Hall–Kier alpha value is -1.75. The monoisotopic (exact) mass is 343 g/mol. The van der Waals surface area contributed by atoms with Gasteiger partial charge in [0.15, 0.2) is 0 Å². The Morgan fingerprint density at radius 2 is 2.08 bits per heavy atom. The van der Waals surface area contributed by atoms with Crippen molar-refractivity contribution >= 4 is 11.7 Å². The van der Waals surface area contributed by atoms with Gasteiger partial charge in [-0.2, -0.15) is 0 Å². The molecule has 0 aromatic heterocycles. The van der Waals surface area contributed by atoms with Crippen LogP contribution in [0.3, 0.4) is 0 Å². The van der Waals surface area contributed by atoms with Gasteiger partial charge in [-0.3, -0.25) is 0 Å². The highest BCUT2D eigenvalue weighted by Gasteiger charge is 2.59. The number of carbonyl (C=O) groups is 1. The molecule has 2 heterocycles. The first kappa shape index (κ1) is 16.7. The second-order valence-electron chi connectivity index (χ2n) is 8.33. The van der Waals surface area contributed by atoms with Gasteiger partial charge in [0.05, 0.1) is 6.10 Å². The summed E-state index contributed by atoms with van der Waals surface area (Å²) in [5.74, 6) is 1.00. The summed E-state index contributed by atoms with van der Waals surface area (Å²) in [4.78, 5) is 14.8. The minimum atomic E-state index is -0.0263. The van der Waals surface area contributed by atoms with E-state index in [1.54, 1.807) is 0 Å². The van der Waals surface area contributed by atoms with Crippen molar-refractivity contribution in [1.82, 2.24) is 10.6 Å². The highest BCUT2D eigenvalue weighted by molar-refractivity contribution is 5.74. The molecule has 2 aliphatic heterocycles. The quantitative estimate of drug-likeness (QED) is 0.884. The van der Waals surface area contributed by atoms with E-state index in [2.05, 4.69) is 53.6 Å². The molecule has 0 radical (unpaired) electrons. The molecule has 1 aliphatic carbocycles. The van der Waals surface area contributed by atoms with Crippen LogP contribution in [0.2, 0.25) is 0 Å². The molecule has 5 heteroatoms. The highest BCUT2D eigenvalue weighted by Crippen LogP contribution is 2.52. The van der Waals surface area contributed by atoms with Gasteiger partial charge in [-0.15, -0.1) is 0 Å². The third kappa shape index (κ3) is 3.10. The number of benzene rings is 1. The topological polar surface area (TPSA) is 53.6 Å². The van der Waals surface area contributed by atoms with Crippen molar-refractivity contribution in [1.29, 1.82) is 0 Å². The highest BCUT2D eigenvalue weighted by atomic mass is 16.5. The van der Waals surface area contributed by atoms with E-state index in [4.69, 9.17) is 4.74 Å². The van der Waals surface area contributed by atoms with Crippen LogP contribution in [0.5, 0.6) is 0 Å². The molecule has 136 valence electrons. The Morgan fingerprint density at radius 3 is 2.88 bits per heavy atom. The molecule has 4 rings (SSSR count). The maximum atomic E-state index is 12.4. The molecule has 0 spiro atoms. The summed E-state index contributed by atoms with van der Waals surface area (Å²) in [6.45, 7) is 8.04. The summed E-state index contributed by atoms with van der Waals surface area (Å²) in [7, 11) is 0. The SMILES string of the molecule is CC1(C)[C@H](NC(=O)NC[C@@H]2CCN(c3ccccc3)C2)[C@@H]2CCO[C@@H]21. The first-order valence-corrected chi connectivity index (χ1v) is 9.51. The summed E-state index contributed by atoms with van der Waals surface area (Å²) in [5.41, 5.74) is 1.31. The van der Waals surface area contributed by atoms with Crippen LogP contribution in [-0.2, 0) is 4.74 Å². The minimum absolute atomic E-state index is 0.0263. The zero-order valence-corrected chi connectivity index (χ0v) is 15.2. The van der Waals surface area contributed by atoms with Gasteiger partial charge in [0, 0.05) is 49.3 Å². The number of ether oxygens (including phenoxy) is 1. The van der Waals surface area contributed by atoms with Gasteiger partial charge < -0.3 is 20.3 Å². The number of hydrogen-bond acceptors (Lipinski definition) is 3. The van der Waals surface area contributed by atoms with E-state index in [0.29, 0.717) is 17.9 Å². The van der Waals surface area contributed by atoms with Gasteiger partial charge >= 0.3 is 6.03 Å². The van der Waals surface area contributed by atoms with Crippen molar-refractivity contribution in [3.63, 3.8) is 0 Å². The van der Waals surface area contributed by atoms with Crippen molar-refractivity contribution in [2.45, 2.75) is 38.8 Å². The number of rotatable bonds is 4. The zero-order valence-electron chi connectivity index (χ0n) is 15.2. The van der Waals surface area contributed by atoms with Crippen molar-refractivity contribution < 1.29 is 9.53 Å². The number of urea groups is 1. The van der Waals surface area contributed by atoms with Crippen molar-refractivity contribution in [2.75, 3.05) is 31.1 Å². The van der Waals surface area contributed by atoms with E-state index in [1.165, 1.54) is 5.69 Å². The van der Waals surface area contributed by atoms with Crippen molar-refractivity contribution in [3.05, 3.63) is 30.3 Å². The maximum Gasteiger partial charge on any atom is 0.315 e. The van der Waals surface area contributed by atoms with Crippen LogP contribution in [0.15, 0.2) is 30.3 Å². The number of fused-ring (bicyclic) bond motifs is 1. The van der Waals surface area contributed by atoms with Gasteiger partial charge in [0.25, 0.3) is 0 Å². The molecule has 4 atom stereocenters. The molecule has 2 saturated heterocycles. The number of nitrogens with one attached hydrogen (secondary N) is 2. The number of amides is 2. The smallest absolute Gasteiger partial charge is 0.315 e. The fourth-order valence-corrected chi connectivity index (χ4v) is 4.92. The van der Waals surface area contributed by atoms with Crippen molar-refractivity contribution in [2.24, 2.45) is 17.3 Å². The van der Waals surface area contributed by atoms with Gasteiger partial charge in [-0.1, -0.05) is 32.0 Å². The molecule has 3 fully saturated rings. The summed E-state index contributed by atoms with van der Waals surface area (Å²) in [6.07, 6.45) is 2.50. The average molecular weight is 343 g/mol. The Balaban J connectivity index is 1.23. The predicted octanol–water partition coefficient (Wildman–Crippen LogP) is 2.63. The van der Waals surface area contributed by atoms with Crippen LogP contribution in [0, 0.1) is 17.3 Å². The van der Waals surface area contributed by atoms with Crippen LogP contribution in [0.25, 0.3) is 0 Å². The van der Waals surface area contributed by atoms with Crippen LogP contribution in [-0.4, -0.2) is 44.4 Å². The van der Waals surface area contributed by atoms with Crippen LogP contribution >= 0.6 is 0 Å². The van der Waals surface area contributed by atoms with E-state index < -0.39 is 0 Å². The molecule has 25 heavy (non-hydrogen) atoms. The molecule has 1 aromatic rings. The molecule has 5 nitrogen and oxygen atoms in total. The Morgan fingerprint density at radius 1 is 1.28 bits per heavy atom. The predicted molar refractivity (Wildman–Crippen MR) is 98.7 cm³/mol. The molecular formula is C20H29N3O2. The first-order chi connectivity index (χ1) is 12.1. The normalized spacial score (nSPS) is 32.8. The third-order valence-corrected chi connectivity index (χ3v) is 6.35. The minimum Gasteiger partial charge on any atom is -0.377 e.